The molecule has 2 nitrogen and oxygen atoms in total. The van der Waals surface area contributed by atoms with Crippen molar-refractivity contribution >= 4 is 0 Å². The largest absolute Gasteiger partial charge is 0.396 e. The maximum atomic E-state index is 8.36. The summed E-state index contributed by atoms with van der Waals surface area (Å²) in [5, 5.41) is 16.7. The van der Waals surface area contributed by atoms with Gasteiger partial charge in [0.05, 0.1) is 6.61 Å². The second-order valence-electron chi connectivity index (χ2n) is 1.87. The summed E-state index contributed by atoms with van der Waals surface area (Å²) in [5.41, 5.74) is 0. The van der Waals surface area contributed by atoms with Gasteiger partial charge >= 0.3 is 0 Å². The maximum Gasteiger partial charge on any atom is 0.0612 e. The second-order valence-corrected chi connectivity index (χ2v) is 1.87. The first-order chi connectivity index (χ1) is 4.91. The molecule has 10 heavy (non-hydrogen) atoms. The van der Waals surface area contributed by atoms with Crippen LogP contribution in [0.25, 0.3) is 0 Å². The molecule has 0 aliphatic rings. The molecule has 2 N–H and O–H groups in total. The van der Waals surface area contributed by atoms with E-state index in [-0.39, 0.29) is 13.2 Å². The summed E-state index contributed by atoms with van der Waals surface area (Å²) in [4.78, 5) is 0. The Bertz CT molecular complexity index is 106. The number of allylic oxidation sites excluding steroid dienone is 2. The summed E-state index contributed by atoms with van der Waals surface area (Å²) in [7, 11) is 0. The van der Waals surface area contributed by atoms with Gasteiger partial charge < -0.3 is 10.2 Å². The molecule has 0 aromatic carbocycles. The summed E-state index contributed by atoms with van der Waals surface area (Å²) in [6.07, 6.45) is 9.01. The molecule has 2 heteroatoms. The van der Waals surface area contributed by atoms with Crippen LogP contribution in [0.2, 0.25) is 0 Å². The van der Waals surface area contributed by atoms with Crippen molar-refractivity contribution in [2.75, 3.05) is 13.2 Å². The van der Waals surface area contributed by atoms with Crippen molar-refractivity contribution in [2.24, 2.45) is 0 Å². The Labute approximate surface area is 61.5 Å². The van der Waals surface area contributed by atoms with Gasteiger partial charge in [-0.2, -0.15) is 0 Å². The van der Waals surface area contributed by atoms with Crippen molar-refractivity contribution in [3.63, 3.8) is 0 Å². The molecular weight excluding hydrogens is 128 g/mol. The highest BCUT2D eigenvalue weighted by molar-refractivity contribution is 4.92. The summed E-state index contributed by atoms with van der Waals surface area (Å²) in [6.45, 7) is 0.314. The van der Waals surface area contributed by atoms with Crippen molar-refractivity contribution in [3.05, 3.63) is 24.3 Å². The minimum Gasteiger partial charge on any atom is -0.396 e. The zero-order valence-electron chi connectivity index (χ0n) is 6.03. The van der Waals surface area contributed by atoms with E-state index in [0.717, 1.165) is 6.42 Å². The van der Waals surface area contributed by atoms with Crippen LogP contribution in [0.4, 0.5) is 0 Å². The Hall–Kier alpha value is -0.600. The van der Waals surface area contributed by atoms with Crippen LogP contribution in [-0.2, 0) is 0 Å². The first kappa shape index (κ1) is 9.40. The lowest BCUT2D eigenvalue weighted by atomic mass is 10.3. The van der Waals surface area contributed by atoms with Gasteiger partial charge in [-0.3, -0.25) is 0 Å². The topological polar surface area (TPSA) is 40.5 Å². The van der Waals surface area contributed by atoms with E-state index < -0.39 is 0 Å². The molecule has 0 unspecified atom stereocenters. The van der Waals surface area contributed by atoms with Gasteiger partial charge in [-0.15, -0.1) is 0 Å². The van der Waals surface area contributed by atoms with Crippen LogP contribution < -0.4 is 0 Å². The van der Waals surface area contributed by atoms with Gasteiger partial charge in [-0.25, -0.2) is 0 Å². The number of hydrogen-bond acceptors (Lipinski definition) is 2. The fourth-order valence-electron chi connectivity index (χ4n) is 0.538. The van der Waals surface area contributed by atoms with Crippen LogP contribution in [0.3, 0.4) is 0 Å². The van der Waals surface area contributed by atoms with Gasteiger partial charge in [0.15, 0.2) is 0 Å². The lowest BCUT2D eigenvalue weighted by Gasteiger charge is -1.82. The van der Waals surface area contributed by atoms with E-state index in [0.29, 0.717) is 6.42 Å². The molecule has 0 fully saturated rings. The first-order valence-electron chi connectivity index (χ1n) is 3.43. The minimum absolute atomic E-state index is 0.105. The molecule has 0 aliphatic carbocycles. The molecule has 0 atom stereocenters. The van der Waals surface area contributed by atoms with Gasteiger partial charge in [0.25, 0.3) is 0 Å². The highest BCUT2D eigenvalue weighted by atomic mass is 16.3. The molecule has 0 saturated heterocycles. The SMILES string of the molecule is OC/C=C/C/C=C/CCO. The van der Waals surface area contributed by atoms with E-state index in [4.69, 9.17) is 10.2 Å². The van der Waals surface area contributed by atoms with Crippen LogP contribution in [0, 0.1) is 0 Å². The standard InChI is InChI=1S/C8H14O2/c9-7-5-3-1-2-4-6-8-10/h1,3-4,6,9-10H,2,5,7-8H2/b3-1+,6-4+. The van der Waals surface area contributed by atoms with E-state index in [1.54, 1.807) is 6.08 Å². The third kappa shape index (κ3) is 7.40. The highest BCUT2D eigenvalue weighted by Crippen LogP contribution is 1.87. The van der Waals surface area contributed by atoms with Crippen molar-refractivity contribution in [2.45, 2.75) is 12.8 Å². The molecule has 0 radical (unpaired) electrons. The van der Waals surface area contributed by atoms with Crippen molar-refractivity contribution in [3.8, 4) is 0 Å². The number of hydrogen-bond donors (Lipinski definition) is 2. The fraction of sp³-hybridized carbons (Fsp3) is 0.500. The fourth-order valence-corrected chi connectivity index (χ4v) is 0.538. The van der Waals surface area contributed by atoms with Crippen LogP contribution in [0.15, 0.2) is 24.3 Å². The Morgan fingerprint density at radius 1 is 0.900 bits per heavy atom. The average molecular weight is 142 g/mol. The second kappa shape index (κ2) is 8.40. The first-order valence-corrected chi connectivity index (χ1v) is 3.43. The zero-order chi connectivity index (χ0) is 7.66. The van der Waals surface area contributed by atoms with Gasteiger partial charge in [0, 0.05) is 6.61 Å². The summed E-state index contributed by atoms with van der Waals surface area (Å²) in [5.74, 6) is 0. The van der Waals surface area contributed by atoms with Gasteiger partial charge in [-0.05, 0) is 12.8 Å². The maximum absolute atomic E-state index is 8.36. The number of rotatable bonds is 5. The average Bonchev–Trinajstić information content (AvgIpc) is 1.97. The Kier molecular flexibility index (Phi) is 7.90. The molecule has 0 saturated carbocycles. The number of aliphatic hydroxyl groups excluding tert-OH is 2. The lowest BCUT2D eigenvalue weighted by Crippen LogP contribution is -1.75. The predicted molar refractivity (Wildman–Crippen MR) is 41.7 cm³/mol. The molecule has 0 heterocycles. The van der Waals surface area contributed by atoms with Crippen LogP contribution in [0.5, 0.6) is 0 Å². The molecule has 0 amide bonds. The molecule has 0 rings (SSSR count). The predicted octanol–water partition coefficient (Wildman–Crippen LogP) is 0.864. The third-order valence-corrected chi connectivity index (χ3v) is 1.01. The smallest absolute Gasteiger partial charge is 0.0612 e. The minimum atomic E-state index is 0.105. The lowest BCUT2D eigenvalue weighted by molar-refractivity contribution is 0.302. The molecule has 58 valence electrons. The van der Waals surface area contributed by atoms with E-state index in [1.165, 1.54) is 0 Å². The molecule has 0 aromatic heterocycles. The van der Waals surface area contributed by atoms with Crippen LogP contribution in [0.1, 0.15) is 12.8 Å². The summed E-state index contributed by atoms with van der Waals surface area (Å²) < 4.78 is 0. The van der Waals surface area contributed by atoms with Gasteiger partial charge in [-0.1, -0.05) is 24.3 Å². The highest BCUT2D eigenvalue weighted by Gasteiger charge is 1.72. The van der Waals surface area contributed by atoms with Gasteiger partial charge in [0.2, 0.25) is 0 Å². The van der Waals surface area contributed by atoms with Crippen molar-refractivity contribution in [1.82, 2.24) is 0 Å². The monoisotopic (exact) mass is 142 g/mol. The van der Waals surface area contributed by atoms with Crippen molar-refractivity contribution < 1.29 is 10.2 Å². The molecule has 0 aromatic rings. The zero-order valence-corrected chi connectivity index (χ0v) is 6.03. The van der Waals surface area contributed by atoms with E-state index in [9.17, 15) is 0 Å². The van der Waals surface area contributed by atoms with Crippen LogP contribution in [-0.4, -0.2) is 23.4 Å². The quantitative estimate of drug-likeness (QED) is 0.559. The van der Waals surface area contributed by atoms with E-state index in [2.05, 4.69) is 0 Å². The van der Waals surface area contributed by atoms with E-state index >= 15 is 0 Å². The normalized spacial score (nSPS) is 11.8. The van der Waals surface area contributed by atoms with Crippen LogP contribution >= 0.6 is 0 Å². The Morgan fingerprint density at radius 3 is 2.20 bits per heavy atom. The molecular formula is C8H14O2. The summed E-state index contributed by atoms with van der Waals surface area (Å²) in [6, 6.07) is 0. The molecule has 0 spiro atoms. The molecule has 0 bridgehead atoms. The van der Waals surface area contributed by atoms with Gasteiger partial charge in [0.1, 0.15) is 0 Å². The Morgan fingerprint density at radius 2 is 1.60 bits per heavy atom. The molecule has 0 aliphatic heterocycles. The number of aliphatic hydroxyl groups is 2. The Balaban J connectivity index is 3.09. The van der Waals surface area contributed by atoms with E-state index in [1.807, 2.05) is 18.2 Å². The van der Waals surface area contributed by atoms with Crippen molar-refractivity contribution in [1.29, 1.82) is 0 Å². The summed E-state index contributed by atoms with van der Waals surface area (Å²) >= 11 is 0. The third-order valence-electron chi connectivity index (χ3n) is 1.01.